The molecule has 23 heavy (non-hydrogen) atoms. The van der Waals surface area contributed by atoms with E-state index in [2.05, 4.69) is 0 Å². The van der Waals surface area contributed by atoms with E-state index in [1.165, 1.54) is 13.2 Å². The second-order valence-electron chi connectivity index (χ2n) is 6.39. The van der Waals surface area contributed by atoms with Gasteiger partial charge in [-0.05, 0) is 44.7 Å². The average Bonchev–Trinajstić information content (AvgIpc) is 2.53. The van der Waals surface area contributed by atoms with Gasteiger partial charge in [-0.25, -0.2) is 0 Å². The summed E-state index contributed by atoms with van der Waals surface area (Å²) in [6.07, 6.45) is 1.75. The Labute approximate surface area is 140 Å². The standard InChI is InChI=1S/C16H21ClN2O4/c1-16(2,15(20)23-3)11-5-4-8-18(10-11)13-7-6-12(17)9-14(13)19(21)22/h6-7,9,11H,4-5,8,10H2,1-3H3. The van der Waals surface area contributed by atoms with Crippen LogP contribution in [-0.2, 0) is 9.53 Å². The molecular weight excluding hydrogens is 320 g/mol. The van der Waals surface area contributed by atoms with Gasteiger partial charge >= 0.3 is 5.97 Å². The topological polar surface area (TPSA) is 72.7 Å². The lowest BCUT2D eigenvalue weighted by molar-refractivity contribution is -0.384. The fourth-order valence-electron chi connectivity index (χ4n) is 3.12. The second kappa shape index (κ2) is 6.74. The number of hydrogen-bond donors (Lipinski definition) is 0. The quantitative estimate of drug-likeness (QED) is 0.475. The SMILES string of the molecule is COC(=O)C(C)(C)C1CCCN(c2ccc(Cl)cc2[N+](=O)[O-])C1. The van der Waals surface area contributed by atoms with Gasteiger partial charge in [0, 0.05) is 24.2 Å². The first kappa shape index (κ1) is 17.5. The summed E-state index contributed by atoms with van der Waals surface area (Å²) >= 11 is 5.88. The maximum absolute atomic E-state index is 12.0. The first-order valence-corrected chi connectivity index (χ1v) is 7.92. The van der Waals surface area contributed by atoms with E-state index < -0.39 is 10.3 Å². The Morgan fingerprint density at radius 2 is 2.17 bits per heavy atom. The number of ether oxygens (including phenoxy) is 1. The van der Waals surface area contributed by atoms with Crippen molar-refractivity contribution in [1.29, 1.82) is 0 Å². The Balaban J connectivity index is 2.29. The summed E-state index contributed by atoms with van der Waals surface area (Å²) in [5.74, 6) is -0.186. The van der Waals surface area contributed by atoms with Gasteiger partial charge in [0.2, 0.25) is 0 Å². The zero-order chi connectivity index (χ0) is 17.2. The molecule has 0 bridgehead atoms. The molecule has 0 aromatic heterocycles. The smallest absolute Gasteiger partial charge is 0.311 e. The van der Waals surface area contributed by atoms with Crippen LogP contribution in [0.25, 0.3) is 0 Å². The molecule has 7 heteroatoms. The predicted molar refractivity (Wildman–Crippen MR) is 88.8 cm³/mol. The van der Waals surface area contributed by atoms with Crippen molar-refractivity contribution in [3.05, 3.63) is 33.3 Å². The molecule has 1 saturated heterocycles. The van der Waals surface area contributed by atoms with E-state index in [0.29, 0.717) is 17.3 Å². The number of carbonyl (C=O) groups excluding carboxylic acids is 1. The van der Waals surface area contributed by atoms with E-state index in [-0.39, 0.29) is 17.6 Å². The van der Waals surface area contributed by atoms with Gasteiger partial charge in [0.05, 0.1) is 17.4 Å². The van der Waals surface area contributed by atoms with Crippen molar-refractivity contribution >= 4 is 28.9 Å². The normalized spacial score (nSPS) is 18.6. The Morgan fingerprint density at radius 3 is 2.78 bits per heavy atom. The van der Waals surface area contributed by atoms with Gasteiger partial charge in [0.25, 0.3) is 5.69 Å². The molecule has 1 atom stereocenters. The highest BCUT2D eigenvalue weighted by Gasteiger charge is 2.40. The third-order valence-electron chi connectivity index (χ3n) is 4.63. The van der Waals surface area contributed by atoms with Crippen LogP contribution < -0.4 is 4.90 Å². The molecule has 0 aliphatic carbocycles. The number of piperidine rings is 1. The van der Waals surface area contributed by atoms with Crippen LogP contribution in [0.4, 0.5) is 11.4 Å². The molecule has 0 radical (unpaired) electrons. The van der Waals surface area contributed by atoms with Crippen molar-refractivity contribution in [3.63, 3.8) is 0 Å². The Bertz CT molecular complexity index is 618. The van der Waals surface area contributed by atoms with Crippen LogP contribution in [0, 0.1) is 21.4 Å². The van der Waals surface area contributed by atoms with Gasteiger partial charge in [-0.3, -0.25) is 14.9 Å². The van der Waals surface area contributed by atoms with Crippen LogP contribution in [0.5, 0.6) is 0 Å². The molecule has 0 amide bonds. The maximum atomic E-state index is 12.0. The van der Waals surface area contributed by atoms with Crippen molar-refractivity contribution in [2.24, 2.45) is 11.3 Å². The maximum Gasteiger partial charge on any atom is 0.311 e. The zero-order valence-corrected chi connectivity index (χ0v) is 14.3. The first-order chi connectivity index (χ1) is 10.8. The molecule has 1 aliphatic heterocycles. The van der Waals surface area contributed by atoms with Gasteiger partial charge in [0.1, 0.15) is 5.69 Å². The fraction of sp³-hybridized carbons (Fsp3) is 0.562. The number of rotatable bonds is 4. The highest BCUT2D eigenvalue weighted by molar-refractivity contribution is 6.30. The predicted octanol–water partition coefficient (Wildman–Crippen LogP) is 3.66. The van der Waals surface area contributed by atoms with Crippen molar-refractivity contribution in [3.8, 4) is 0 Å². The van der Waals surface area contributed by atoms with Gasteiger partial charge in [-0.15, -0.1) is 0 Å². The fourth-order valence-corrected chi connectivity index (χ4v) is 3.29. The number of methoxy groups -OCH3 is 1. The number of hydrogen-bond acceptors (Lipinski definition) is 5. The van der Waals surface area contributed by atoms with Crippen LogP contribution in [0.1, 0.15) is 26.7 Å². The summed E-state index contributed by atoms with van der Waals surface area (Å²) < 4.78 is 4.90. The second-order valence-corrected chi connectivity index (χ2v) is 6.83. The van der Waals surface area contributed by atoms with Gasteiger partial charge in [0.15, 0.2) is 0 Å². The summed E-state index contributed by atoms with van der Waals surface area (Å²) in [7, 11) is 1.38. The van der Waals surface area contributed by atoms with E-state index >= 15 is 0 Å². The summed E-state index contributed by atoms with van der Waals surface area (Å²) in [6, 6.07) is 4.69. The molecule has 1 aliphatic rings. The van der Waals surface area contributed by atoms with Crippen molar-refractivity contribution in [2.45, 2.75) is 26.7 Å². The molecule has 0 saturated carbocycles. The molecule has 6 nitrogen and oxygen atoms in total. The van der Waals surface area contributed by atoms with E-state index in [9.17, 15) is 14.9 Å². The number of carbonyl (C=O) groups is 1. The van der Waals surface area contributed by atoms with Crippen LogP contribution in [0.3, 0.4) is 0 Å². The average molecular weight is 341 g/mol. The number of esters is 1. The number of anilines is 1. The van der Waals surface area contributed by atoms with E-state index in [1.54, 1.807) is 12.1 Å². The summed E-state index contributed by atoms with van der Waals surface area (Å²) in [5, 5.41) is 11.6. The first-order valence-electron chi connectivity index (χ1n) is 7.54. The lowest BCUT2D eigenvalue weighted by Gasteiger charge is -2.40. The molecule has 1 heterocycles. The van der Waals surface area contributed by atoms with E-state index in [0.717, 1.165) is 19.4 Å². The molecule has 1 aromatic carbocycles. The van der Waals surface area contributed by atoms with Gasteiger partial charge < -0.3 is 9.64 Å². The summed E-state index contributed by atoms with van der Waals surface area (Å²) in [4.78, 5) is 24.9. The summed E-state index contributed by atoms with van der Waals surface area (Å²) in [5.41, 5.74) is -0.0898. The third-order valence-corrected chi connectivity index (χ3v) is 4.86. The molecule has 2 rings (SSSR count). The molecule has 0 N–H and O–H groups in total. The number of nitro groups is 1. The van der Waals surface area contributed by atoms with Crippen LogP contribution in [0.2, 0.25) is 5.02 Å². The van der Waals surface area contributed by atoms with Crippen LogP contribution in [0.15, 0.2) is 18.2 Å². The largest absolute Gasteiger partial charge is 0.469 e. The number of nitrogens with zero attached hydrogens (tertiary/aromatic N) is 2. The third kappa shape index (κ3) is 3.58. The molecule has 1 unspecified atom stereocenters. The van der Waals surface area contributed by atoms with Gasteiger partial charge in [-0.1, -0.05) is 11.6 Å². The lowest BCUT2D eigenvalue weighted by Crippen LogP contribution is -2.45. The minimum atomic E-state index is -0.630. The van der Waals surface area contributed by atoms with Crippen LogP contribution >= 0.6 is 11.6 Å². The molecule has 126 valence electrons. The highest BCUT2D eigenvalue weighted by atomic mass is 35.5. The molecule has 1 aromatic rings. The Kier molecular flexibility index (Phi) is 5.14. The number of benzene rings is 1. The molecule has 1 fully saturated rings. The van der Waals surface area contributed by atoms with E-state index in [4.69, 9.17) is 16.3 Å². The van der Waals surface area contributed by atoms with E-state index in [1.807, 2.05) is 18.7 Å². The van der Waals surface area contributed by atoms with Crippen molar-refractivity contribution in [1.82, 2.24) is 0 Å². The number of nitro benzene ring substituents is 1. The lowest BCUT2D eigenvalue weighted by atomic mass is 9.74. The minimum absolute atomic E-state index is 0.00553. The van der Waals surface area contributed by atoms with Gasteiger partial charge in [-0.2, -0.15) is 0 Å². The van der Waals surface area contributed by atoms with Crippen LogP contribution in [-0.4, -0.2) is 31.1 Å². The summed E-state index contributed by atoms with van der Waals surface area (Å²) in [6.45, 7) is 5.02. The Hall–Kier alpha value is -1.82. The zero-order valence-electron chi connectivity index (χ0n) is 13.5. The van der Waals surface area contributed by atoms with Crippen molar-refractivity contribution in [2.75, 3.05) is 25.1 Å². The Morgan fingerprint density at radius 1 is 1.48 bits per heavy atom. The number of halogens is 1. The monoisotopic (exact) mass is 340 g/mol. The molecule has 0 spiro atoms. The molecular formula is C16H21ClN2O4. The minimum Gasteiger partial charge on any atom is -0.469 e. The highest BCUT2D eigenvalue weighted by Crippen LogP contribution is 2.39. The van der Waals surface area contributed by atoms with Crippen molar-refractivity contribution < 1.29 is 14.5 Å².